The maximum Gasteiger partial charge on any atom is 0.327 e. The van der Waals surface area contributed by atoms with E-state index in [-0.39, 0.29) is 5.65 Å². The van der Waals surface area contributed by atoms with Gasteiger partial charge in [0.1, 0.15) is 5.52 Å². The van der Waals surface area contributed by atoms with Crippen LogP contribution in [0.4, 0.5) is 0 Å². The number of aromatic nitrogens is 3. The van der Waals surface area contributed by atoms with Crippen LogP contribution in [-0.4, -0.2) is 19.3 Å². The summed E-state index contributed by atoms with van der Waals surface area (Å²) >= 11 is 0. The molecule has 74 valence electrons. The number of benzene rings is 1. The summed E-state index contributed by atoms with van der Waals surface area (Å²) in [6, 6.07) is 7.09. The van der Waals surface area contributed by atoms with Crippen LogP contribution >= 0.6 is 0 Å². The quantitative estimate of drug-likeness (QED) is 0.549. The van der Waals surface area contributed by atoms with E-state index in [4.69, 9.17) is 0 Å². The van der Waals surface area contributed by atoms with Crippen molar-refractivity contribution in [1.82, 2.24) is 14.1 Å². The molecule has 0 fully saturated rings. The minimum absolute atomic E-state index is 0.219. The minimum atomic E-state index is -0.515. The molecule has 5 heteroatoms. The van der Waals surface area contributed by atoms with Crippen LogP contribution in [-0.2, 0) is 0 Å². The van der Waals surface area contributed by atoms with Crippen molar-refractivity contribution < 1.29 is 5.21 Å². The summed E-state index contributed by atoms with van der Waals surface area (Å²) < 4.78 is 2.28. The van der Waals surface area contributed by atoms with Crippen molar-refractivity contribution in [1.29, 1.82) is 0 Å². The number of imidazole rings is 1. The number of nitrogens with zero attached hydrogens (tertiary/aromatic N) is 3. The van der Waals surface area contributed by atoms with Crippen LogP contribution in [0.3, 0.4) is 0 Å². The number of para-hydroxylation sites is 2. The topological polar surface area (TPSA) is 59.5 Å². The summed E-state index contributed by atoms with van der Waals surface area (Å²) in [7, 11) is 0. The number of hydrogen-bond donors (Lipinski definition) is 1. The molecule has 0 spiro atoms. The number of fused-ring (bicyclic) bond motifs is 3. The molecule has 0 aliphatic rings. The second-order valence-electron chi connectivity index (χ2n) is 3.23. The van der Waals surface area contributed by atoms with Crippen LogP contribution in [0.15, 0.2) is 41.5 Å². The largest absolute Gasteiger partial charge is 0.425 e. The molecule has 0 radical (unpaired) electrons. The zero-order valence-electron chi connectivity index (χ0n) is 7.66. The highest BCUT2D eigenvalue weighted by Gasteiger charge is 2.09. The monoisotopic (exact) mass is 201 g/mol. The van der Waals surface area contributed by atoms with Gasteiger partial charge in [-0.3, -0.25) is 9.20 Å². The summed E-state index contributed by atoms with van der Waals surface area (Å²) in [4.78, 5) is 15.5. The van der Waals surface area contributed by atoms with Gasteiger partial charge in [-0.15, -0.1) is 4.73 Å². The van der Waals surface area contributed by atoms with E-state index in [1.165, 1.54) is 6.20 Å². The maximum absolute atomic E-state index is 11.6. The second-order valence-corrected chi connectivity index (χ2v) is 3.23. The first-order chi connectivity index (χ1) is 7.29. The summed E-state index contributed by atoms with van der Waals surface area (Å²) in [6.07, 6.45) is 3.22. The summed E-state index contributed by atoms with van der Waals surface area (Å²) in [5.74, 6) is 0. The third-order valence-electron chi connectivity index (χ3n) is 2.39. The average molecular weight is 201 g/mol. The molecule has 0 unspecified atom stereocenters. The number of rotatable bonds is 0. The van der Waals surface area contributed by atoms with Gasteiger partial charge in [-0.1, -0.05) is 12.1 Å². The SMILES string of the molecule is O=c1c2nccn2c2ccccc2n1O. The van der Waals surface area contributed by atoms with Crippen molar-refractivity contribution in [2.45, 2.75) is 0 Å². The second kappa shape index (κ2) is 2.60. The Morgan fingerprint density at radius 2 is 1.93 bits per heavy atom. The van der Waals surface area contributed by atoms with E-state index in [0.717, 1.165) is 5.52 Å². The predicted molar refractivity (Wildman–Crippen MR) is 54.1 cm³/mol. The van der Waals surface area contributed by atoms with Crippen molar-refractivity contribution >= 4 is 16.7 Å². The van der Waals surface area contributed by atoms with Crippen molar-refractivity contribution in [3.8, 4) is 0 Å². The molecule has 2 heterocycles. The maximum atomic E-state index is 11.6. The van der Waals surface area contributed by atoms with E-state index in [0.29, 0.717) is 10.2 Å². The molecule has 0 aliphatic carbocycles. The van der Waals surface area contributed by atoms with Gasteiger partial charge in [0.2, 0.25) is 5.65 Å². The van der Waals surface area contributed by atoms with Gasteiger partial charge in [0.25, 0.3) is 0 Å². The lowest BCUT2D eigenvalue weighted by Crippen LogP contribution is -2.20. The fraction of sp³-hybridized carbons (Fsp3) is 0. The van der Waals surface area contributed by atoms with E-state index in [9.17, 15) is 10.0 Å². The van der Waals surface area contributed by atoms with Gasteiger partial charge >= 0.3 is 5.56 Å². The van der Waals surface area contributed by atoms with Crippen LogP contribution < -0.4 is 5.56 Å². The highest BCUT2D eigenvalue weighted by atomic mass is 16.5. The molecule has 0 atom stereocenters. The molecule has 0 saturated carbocycles. The van der Waals surface area contributed by atoms with Gasteiger partial charge in [-0.2, -0.15) is 0 Å². The molecule has 3 rings (SSSR count). The molecule has 0 saturated heterocycles. The smallest absolute Gasteiger partial charge is 0.327 e. The molecule has 2 aromatic heterocycles. The molecule has 0 amide bonds. The van der Waals surface area contributed by atoms with E-state index >= 15 is 0 Å². The van der Waals surface area contributed by atoms with E-state index in [1.54, 1.807) is 22.7 Å². The normalized spacial score (nSPS) is 11.2. The first kappa shape index (κ1) is 8.05. The van der Waals surface area contributed by atoms with Crippen molar-refractivity contribution in [3.05, 3.63) is 47.0 Å². The Morgan fingerprint density at radius 3 is 2.73 bits per heavy atom. The van der Waals surface area contributed by atoms with Crippen molar-refractivity contribution in [3.63, 3.8) is 0 Å². The first-order valence-electron chi connectivity index (χ1n) is 4.45. The van der Waals surface area contributed by atoms with Crippen LogP contribution in [0.5, 0.6) is 0 Å². The minimum Gasteiger partial charge on any atom is -0.425 e. The molecule has 5 nitrogen and oxygen atoms in total. The van der Waals surface area contributed by atoms with Gasteiger partial charge < -0.3 is 5.21 Å². The zero-order chi connectivity index (χ0) is 10.4. The molecule has 1 aromatic carbocycles. The molecule has 0 bridgehead atoms. The standard InChI is InChI=1S/C10H7N3O2/c14-10-9-11-5-6-12(9)7-3-1-2-4-8(7)13(10)15/h1-6,15H. The third-order valence-corrected chi connectivity index (χ3v) is 2.39. The Labute approximate surface area is 83.8 Å². The highest BCUT2D eigenvalue weighted by molar-refractivity contribution is 5.77. The van der Waals surface area contributed by atoms with Crippen molar-refractivity contribution in [2.24, 2.45) is 0 Å². The first-order valence-corrected chi connectivity index (χ1v) is 4.45. The lowest BCUT2D eigenvalue weighted by molar-refractivity contribution is 0.189. The van der Waals surface area contributed by atoms with Crippen LogP contribution in [0, 0.1) is 0 Å². The Bertz CT molecular complexity index is 711. The lowest BCUT2D eigenvalue weighted by Gasteiger charge is -2.04. The fourth-order valence-electron chi connectivity index (χ4n) is 1.71. The van der Waals surface area contributed by atoms with Crippen molar-refractivity contribution in [2.75, 3.05) is 0 Å². The highest BCUT2D eigenvalue weighted by Crippen LogP contribution is 2.11. The molecule has 0 aliphatic heterocycles. The fourth-order valence-corrected chi connectivity index (χ4v) is 1.71. The molecular weight excluding hydrogens is 194 g/mol. The molecule has 1 N–H and O–H groups in total. The Hall–Kier alpha value is -2.30. The van der Waals surface area contributed by atoms with E-state index < -0.39 is 5.56 Å². The van der Waals surface area contributed by atoms with Crippen LogP contribution in [0.2, 0.25) is 0 Å². The predicted octanol–water partition coefficient (Wildman–Crippen LogP) is 0.886. The Morgan fingerprint density at radius 1 is 1.20 bits per heavy atom. The van der Waals surface area contributed by atoms with Gasteiger partial charge in [-0.05, 0) is 12.1 Å². The van der Waals surface area contributed by atoms with E-state index in [1.807, 2.05) is 12.1 Å². The molecule has 3 aromatic rings. The summed E-state index contributed by atoms with van der Waals surface area (Å²) in [5.41, 5.74) is 0.912. The molecule has 15 heavy (non-hydrogen) atoms. The van der Waals surface area contributed by atoms with E-state index in [2.05, 4.69) is 4.98 Å². The van der Waals surface area contributed by atoms with Gasteiger partial charge in [0.15, 0.2) is 0 Å². The third kappa shape index (κ3) is 0.914. The van der Waals surface area contributed by atoms with Crippen LogP contribution in [0.1, 0.15) is 0 Å². The van der Waals surface area contributed by atoms with Gasteiger partial charge in [0.05, 0.1) is 5.52 Å². The average Bonchev–Trinajstić information content (AvgIpc) is 2.75. The summed E-state index contributed by atoms with van der Waals surface area (Å²) in [5, 5.41) is 9.63. The zero-order valence-corrected chi connectivity index (χ0v) is 7.66. The lowest BCUT2D eigenvalue weighted by atomic mass is 10.3. The van der Waals surface area contributed by atoms with Gasteiger partial charge in [-0.25, -0.2) is 4.98 Å². The molecular formula is C10H7N3O2. The van der Waals surface area contributed by atoms with Gasteiger partial charge in [0, 0.05) is 12.4 Å². The summed E-state index contributed by atoms with van der Waals surface area (Å²) in [6.45, 7) is 0. The van der Waals surface area contributed by atoms with Crippen LogP contribution in [0.25, 0.3) is 16.7 Å². The Kier molecular flexibility index (Phi) is 1.39. The number of hydrogen-bond acceptors (Lipinski definition) is 3. The Balaban J connectivity index is 2.77.